The van der Waals surface area contributed by atoms with E-state index in [1.165, 1.54) is 17.8 Å². The number of thiazole rings is 1. The Morgan fingerprint density at radius 2 is 2.09 bits per heavy atom. The average Bonchev–Trinajstić information content (AvgIpc) is 2.96. The maximum Gasteiger partial charge on any atom is 0.273 e. The standard InChI is InChI=1S/C14H24N4OS.2ClH/c1-3-6-18-7-4-11(5-8-18)17(2)14(19)12-10-20-13(9-15)16-12;;/h10-11H,3-9,15H2,1-2H3;2*1H. The van der Waals surface area contributed by atoms with Crippen LogP contribution in [-0.2, 0) is 6.54 Å². The molecule has 2 N–H and O–H groups in total. The molecule has 1 aromatic heterocycles. The second-order valence-corrected chi connectivity index (χ2v) is 6.26. The molecule has 22 heavy (non-hydrogen) atoms. The van der Waals surface area contributed by atoms with Crippen LogP contribution in [0.5, 0.6) is 0 Å². The summed E-state index contributed by atoms with van der Waals surface area (Å²) in [4.78, 5) is 21.0. The molecule has 8 heteroatoms. The zero-order valence-corrected chi connectivity index (χ0v) is 15.6. The van der Waals surface area contributed by atoms with Gasteiger partial charge < -0.3 is 15.5 Å². The molecule has 1 aliphatic rings. The fraction of sp³-hybridized carbons (Fsp3) is 0.714. The molecule has 0 aliphatic carbocycles. The summed E-state index contributed by atoms with van der Waals surface area (Å²) in [6, 6.07) is 0.332. The third-order valence-corrected chi connectivity index (χ3v) is 4.78. The summed E-state index contributed by atoms with van der Waals surface area (Å²) < 4.78 is 0. The van der Waals surface area contributed by atoms with Crippen LogP contribution in [0.4, 0.5) is 0 Å². The number of piperidine rings is 1. The van der Waals surface area contributed by atoms with Crippen LogP contribution < -0.4 is 5.73 Å². The number of hydrogen-bond acceptors (Lipinski definition) is 5. The Labute approximate surface area is 149 Å². The lowest BCUT2D eigenvalue weighted by molar-refractivity contribution is 0.0637. The van der Waals surface area contributed by atoms with Crippen LogP contribution in [0.25, 0.3) is 0 Å². The lowest BCUT2D eigenvalue weighted by atomic mass is 10.0. The number of rotatable bonds is 5. The second-order valence-electron chi connectivity index (χ2n) is 5.32. The number of aromatic nitrogens is 1. The fourth-order valence-electron chi connectivity index (χ4n) is 2.70. The molecule has 5 nitrogen and oxygen atoms in total. The van der Waals surface area contributed by atoms with E-state index in [1.54, 1.807) is 0 Å². The van der Waals surface area contributed by atoms with Crippen molar-refractivity contribution in [2.45, 2.75) is 38.8 Å². The van der Waals surface area contributed by atoms with E-state index in [9.17, 15) is 4.79 Å². The molecule has 1 fully saturated rings. The van der Waals surface area contributed by atoms with E-state index in [0.29, 0.717) is 18.3 Å². The maximum atomic E-state index is 12.4. The van der Waals surface area contributed by atoms with Crippen molar-refractivity contribution < 1.29 is 4.79 Å². The number of likely N-dealkylation sites (tertiary alicyclic amines) is 1. The SMILES string of the molecule is CCCN1CCC(N(C)C(=O)c2csc(CN)n2)CC1.Cl.Cl. The summed E-state index contributed by atoms with van der Waals surface area (Å²) in [5.74, 6) is 0.0230. The number of nitrogens with zero attached hydrogens (tertiary/aromatic N) is 3. The fourth-order valence-corrected chi connectivity index (χ4v) is 3.34. The van der Waals surface area contributed by atoms with Crippen molar-refractivity contribution in [1.82, 2.24) is 14.8 Å². The predicted octanol–water partition coefficient (Wildman–Crippen LogP) is 2.39. The second kappa shape index (κ2) is 10.4. The third kappa shape index (κ3) is 5.35. The van der Waals surface area contributed by atoms with Gasteiger partial charge in [0.2, 0.25) is 0 Å². The van der Waals surface area contributed by atoms with Crippen molar-refractivity contribution in [1.29, 1.82) is 0 Å². The monoisotopic (exact) mass is 368 g/mol. The van der Waals surface area contributed by atoms with E-state index < -0.39 is 0 Å². The van der Waals surface area contributed by atoms with Gasteiger partial charge in [0.15, 0.2) is 0 Å². The Morgan fingerprint density at radius 1 is 1.45 bits per heavy atom. The minimum Gasteiger partial charge on any atom is -0.337 e. The van der Waals surface area contributed by atoms with Gasteiger partial charge in [0, 0.05) is 38.1 Å². The average molecular weight is 369 g/mol. The van der Waals surface area contributed by atoms with Gasteiger partial charge >= 0.3 is 0 Å². The minimum absolute atomic E-state index is 0. The first-order valence-electron chi connectivity index (χ1n) is 7.29. The summed E-state index contributed by atoms with van der Waals surface area (Å²) in [7, 11) is 1.89. The van der Waals surface area contributed by atoms with Crippen LogP contribution in [0.2, 0.25) is 0 Å². The highest BCUT2D eigenvalue weighted by molar-refractivity contribution is 7.09. The maximum absolute atomic E-state index is 12.4. The first-order valence-corrected chi connectivity index (χ1v) is 8.17. The summed E-state index contributed by atoms with van der Waals surface area (Å²) >= 11 is 1.46. The zero-order chi connectivity index (χ0) is 14.5. The Bertz CT molecular complexity index is 450. The van der Waals surface area contributed by atoms with Crippen molar-refractivity contribution >= 4 is 42.1 Å². The number of carbonyl (C=O) groups excluding carboxylic acids is 1. The number of nitrogens with two attached hydrogens (primary N) is 1. The summed E-state index contributed by atoms with van der Waals surface area (Å²) in [6.45, 7) is 5.94. The molecule has 1 aromatic rings. The van der Waals surface area contributed by atoms with E-state index in [-0.39, 0.29) is 30.7 Å². The molecule has 0 unspecified atom stereocenters. The molecule has 0 aromatic carbocycles. The molecule has 0 radical (unpaired) electrons. The lowest BCUT2D eigenvalue weighted by Gasteiger charge is -2.36. The summed E-state index contributed by atoms with van der Waals surface area (Å²) in [6.07, 6.45) is 3.30. The van der Waals surface area contributed by atoms with Crippen LogP contribution >= 0.6 is 36.2 Å². The van der Waals surface area contributed by atoms with Crippen molar-refractivity contribution in [2.24, 2.45) is 5.73 Å². The molecule has 0 bridgehead atoms. The number of carbonyl (C=O) groups is 1. The Morgan fingerprint density at radius 3 is 2.59 bits per heavy atom. The molecule has 1 aliphatic heterocycles. The smallest absolute Gasteiger partial charge is 0.273 e. The Balaban J connectivity index is 0.00000220. The zero-order valence-electron chi connectivity index (χ0n) is 13.2. The molecular formula is C14H26Cl2N4OS. The molecule has 0 atom stereocenters. The van der Waals surface area contributed by atoms with Crippen molar-refractivity contribution in [2.75, 3.05) is 26.7 Å². The van der Waals surface area contributed by atoms with Crippen molar-refractivity contribution in [3.8, 4) is 0 Å². The van der Waals surface area contributed by atoms with Gasteiger partial charge in [-0.15, -0.1) is 36.2 Å². The molecular weight excluding hydrogens is 343 g/mol. The molecule has 1 amide bonds. The largest absolute Gasteiger partial charge is 0.337 e. The minimum atomic E-state index is 0. The number of hydrogen-bond donors (Lipinski definition) is 1. The van der Waals surface area contributed by atoms with Crippen LogP contribution in [-0.4, -0.2) is 53.4 Å². The molecule has 1 saturated heterocycles. The highest BCUT2D eigenvalue weighted by Crippen LogP contribution is 2.18. The van der Waals surface area contributed by atoms with Crippen LogP contribution in [0, 0.1) is 0 Å². The first-order chi connectivity index (χ1) is 9.65. The van der Waals surface area contributed by atoms with E-state index in [4.69, 9.17) is 5.73 Å². The molecule has 0 spiro atoms. The van der Waals surface area contributed by atoms with E-state index in [0.717, 1.165) is 37.5 Å². The molecule has 128 valence electrons. The van der Waals surface area contributed by atoms with Crippen LogP contribution in [0.15, 0.2) is 5.38 Å². The highest BCUT2D eigenvalue weighted by atomic mass is 35.5. The van der Waals surface area contributed by atoms with Gasteiger partial charge in [0.25, 0.3) is 5.91 Å². The van der Waals surface area contributed by atoms with Gasteiger partial charge in [-0.3, -0.25) is 4.79 Å². The van der Waals surface area contributed by atoms with Gasteiger partial charge in [-0.05, 0) is 25.8 Å². The van der Waals surface area contributed by atoms with Gasteiger partial charge in [0.1, 0.15) is 10.7 Å². The van der Waals surface area contributed by atoms with E-state index in [2.05, 4.69) is 16.8 Å². The van der Waals surface area contributed by atoms with E-state index in [1.807, 2.05) is 17.3 Å². The quantitative estimate of drug-likeness (QED) is 0.866. The summed E-state index contributed by atoms with van der Waals surface area (Å²) in [5, 5.41) is 2.63. The lowest BCUT2D eigenvalue weighted by Crippen LogP contribution is -2.45. The van der Waals surface area contributed by atoms with Gasteiger partial charge in [-0.25, -0.2) is 4.98 Å². The molecule has 2 rings (SSSR count). The van der Waals surface area contributed by atoms with Crippen LogP contribution in [0.3, 0.4) is 0 Å². The normalized spacial score (nSPS) is 15.8. The van der Waals surface area contributed by atoms with Gasteiger partial charge in [-0.2, -0.15) is 0 Å². The third-order valence-electron chi connectivity index (χ3n) is 3.91. The number of amides is 1. The topological polar surface area (TPSA) is 62.5 Å². The van der Waals surface area contributed by atoms with E-state index >= 15 is 0 Å². The summed E-state index contributed by atoms with van der Waals surface area (Å²) in [5.41, 5.74) is 6.08. The van der Waals surface area contributed by atoms with Gasteiger partial charge in [0.05, 0.1) is 0 Å². The predicted molar refractivity (Wildman–Crippen MR) is 96.3 cm³/mol. The molecule has 2 heterocycles. The number of halogens is 2. The first kappa shape index (κ1) is 21.6. The highest BCUT2D eigenvalue weighted by Gasteiger charge is 2.26. The van der Waals surface area contributed by atoms with Gasteiger partial charge in [-0.1, -0.05) is 6.92 Å². The Kier molecular flexibility index (Phi) is 10.2. The van der Waals surface area contributed by atoms with Crippen LogP contribution in [0.1, 0.15) is 41.7 Å². The Hall–Kier alpha value is -0.400. The van der Waals surface area contributed by atoms with Crippen molar-refractivity contribution in [3.63, 3.8) is 0 Å². The van der Waals surface area contributed by atoms with Crippen molar-refractivity contribution in [3.05, 3.63) is 16.1 Å². The molecule has 0 saturated carbocycles.